The Labute approximate surface area is 149 Å². The number of hydrogen-bond acceptors (Lipinski definition) is 1. The summed E-state index contributed by atoms with van der Waals surface area (Å²) < 4.78 is 2.22. The van der Waals surface area contributed by atoms with Gasteiger partial charge in [0.25, 0.3) is 0 Å². The summed E-state index contributed by atoms with van der Waals surface area (Å²) in [6.07, 6.45) is 5.74. The first-order valence-electron chi connectivity index (χ1n) is 8.27. The summed E-state index contributed by atoms with van der Waals surface area (Å²) >= 11 is 0. The van der Waals surface area contributed by atoms with Crippen molar-refractivity contribution in [3.05, 3.63) is 77.9 Å². The van der Waals surface area contributed by atoms with Gasteiger partial charge in [-0.15, -0.1) is 6.42 Å². The Morgan fingerprint density at radius 1 is 0.923 bits per heavy atom. The molecule has 0 saturated carbocycles. The summed E-state index contributed by atoms with van der Waals surface area (Å²) in [5.41, 5.74) is 6.46. The average molecular weight is 335 g/mol. The van der Waals surface area contributed by atoms with Gasteiger partial charge in [-0.25, -0.2) is 4.79 Å². The minimum absolute atomic E-state index is 0.281. The average Bonchev–Trinajstić information content (AvgIpc) is 3.09. The van der Waals surface area contributed by atoms with Crippen LogP contribution >= 0.6 is 0 Å². The smallest absolute Gasteiger partial charge is 0.335 e. The number of benzene rings is 2. The Morgan fingerprint density at radius 3 is 2.31 bits per heavy atom. The van der Waals surface area contributed by atoms with Crippen molar-refractivity contribution in [1.29, 1.82) is 0 Å². The van der Waals surface area contributed by atoms with E-state index in [2.05, 4.69) is 34.6 Å². The van der Waals surface area contributed by atoms with Crippen LogP contribution in [0.1, 0.15) is 15.9 Å². The highest BCUT2D eigenvalue weighted by Gasteiger charge is 2.15. The van der Waals surface area contributed by atoms with Gasteiger partial charge in [0.15, 0.2) is 0 Å². The number of carbonyl (C=O) groups is 1. The number of nitrogens with zero attached hydrogens (tertiary/aromatic N) is 1. The Morgan fingerprint density at radius 2 is 1.62 bits per heavy atom. The van der Waals surface area contributed by atoms with Crippen molar-refractivity contribution in [2.75, 3.05) is 0 Å². The van der Waals surface area contributed by atoms with Crippen LogP contribution in [0.15, 0.2) is 66.7 Å². The van der Waals surface area contributed by atoms with E-state index in [1.165, 1.54) is 0 Å². The first kappa shape index (κ1) is 14.6. The van der Waals surface area contributed by atoms with E-state index in [1.807, 2.05) is 30.3 Å². The number of hydrogen-bond donors (Lipinski definition) is 1. The molecule has 0 aliphatic rings. The van der Waals surface area contributed by atoms with Crippen LogP contribution in [0.2, 0.25) is 0 Å². The van der Waals surface area contributed by atoms with Crippen LogP contribution in [-0.4, -0.2) is 15.5 Å². The highest BCUT2D eigenvalue weighted by atomic mass is 16.4. The molecule has 3 nitrogen and oxygen atoms in total. The fourth-order valence-electron chi connectivity index (χ4n) is 3.77. The molecule has 0 aliphatic carbocycles. The van der Waals surface area contributed by atoms with Crippen molar-refractivity contribution >= 4 is 33.3 Å². The number of terminal acetylenes is 1. The molecule has 0 aliphatic heterocycles. The number of pyridine rings is 2. The summed E-state index contributed by atoms with van der Waals surface area (Å²) in [6.45, 7) is 0. The molecular weight excluding hydrogens is 322 g/mol. The van der Waals surface area contributed by atoms with E-state index >= 15 is 0 Å². The van der Waals surface area contributed by atoms with E-state index in [0.717, 1.165) is 44.0 Å². The fraction of sp³-hybridized carbons (Fsp3) is 0. The predicted molar refractivity (Wildman–Crippen MR) is 104 cm³/mol. The topological polar surface area (TPSA) is 41.7 Å². The van der Waals surface area contributed by atoms with Crippen molar-refractivity contribution in [3.8, 4) is 23.5 Å². The van der Waals surface area contributed by atoms with Gasteiger partial charge in [-0.2, -0.15) is 0 Å². The molecule has 0 fully saturated rings. The summed E-state index contributed by atoms with van der Waals surface area (Å²) in [5.74, 6) is 1.88. The van der Waals surface area contributed by atoms with Crippen LogP contribution in [0, 0.1) is 12.3 Å². The van der Waals surface area contributed by atoms with Gasteiger partial charge in [0.05, 0.1) is 11.1 Å². The van der Waals surface area contributed by atoms with Crippen molar-refractivity contribution in [1.82, 2.24) is 4.40 Å². The van der Waals surface area contributed by atoms with E-state index in [4.69, 9.17) is 11.5 Å². The first-order chi connectivity index (χ1) is 12.7. The van der Waals surface area contributed by atoms with Crippen molar-refractivity contribution < 1.29 is 9.90 Å². The fourth-order valence-corrected chi connectivity index (χ4v) is 3.77. The van der Waals surface area contributed by atoms with Crippen molar-refractivity contribution in [3.63, 3.8) is 0 Å². The summed E-state index contributed by atoms with van der Waals surface area (Å²) in [6, 6.07) is 21.5. The lowest BCUT2D eigenvalue weighted by Crippen LogP contribution is -1.97. The van der Waals surface area contributed by atoms with Gasteiger partial charge in [0.1, 0.15) is 0 Å². The highest BCUT2D eigenvalue weighted by Crippen LogP contribution is 2.36. The van der Waals surface area contributed by atoms with Gasteiger partial charge >= 0.3 is 5.97 Å². The SMILES string of the molecule is C#Cc1cc2ccc3cc(-c4ccc(C(=O)O)cc4)c4cccc1c4n23. The second kappa shape index (κ2) is 5.11. The zero-order valence-electron chi connectivity index (χ0n) is 13.7. The number of rotatable bonds is 2. The maximum Gasteiger partial charge on any atom is 0.335 e. The molecule has 0 radical (unpaired) electrons. The van der Waals surface area contributed by atoms with Crippen LogP contribution in [0.3, 0.4) is 0 Å². The molecule has 122 valence electrons. The molecule has 3 heteroatoms. The number of carboxylic acid groups (broad SMARTS) is 1. The number of para-hydroxylation sites is 1. The van der Waals surface area contributed by atoms with Crippen molar-refractivity contribution in [2.45, 2.75) is 0 Å². The molecule has 2 aromatic carbocycles. The molecule has 3 aromatic heterocycles. The molecule has 0 unspecified atom stereocenters. The van der Waals surface area contributed by atoms with Gasteiger partial charge in [-0.1, -0.05) is 36.3 Å². The maximum atomic E-state index is 11.1. The summed E-state index contributed by atoms with van der Waals surface area (Å²) in [4.78, 5) is 11.1. The minimum atomic E-state index is -0.923. The number of aromatic nitrogens is 1. The van der Waals surface area contributed by atoms with Crippen molar-refractivity contribution in [2.24, 2.45) is 0 Å². The molecule has 0 saturated heterocycles. The van der Waals surface area contributed by atoms with E-state index in [1.54, 1.807) is 12.1 Å². The standard InChI is InChI=1S/C23H13NO2/c1-2-14-12-17-10-11-18-13-21(15-6-8-16(9-7-15)23(25)26)20-5-3-4-19(14)22(20)24(17)18/h1,3-13H,(H,25,26). The molecule has 0 amide bonds. The molecule has 1 N–H and O–H groups in total. The lowest BCUT2D eigenvalue weighted by molar-refractivity contribution is 0.0697. The second-order valence-corrected chi connectivity index (χ2v) is 6.36. The highest BCUT2D eigenvalue weighted by molar-refractivity contribution is 6.09. The molecule has 0 atom stereocenters. The van der Waals surface area contributed by atoms with Crippen LogP contribution in [0.4, 0.5) is 0 Å². The molecule has 26 heavy (non-hydrogen) atoms. The van der Waals surface area contributed by atoms with E-state index in [-0.39, 0.29) is 5.56 Å². The van der Waals surface area contributed by atoms with Crippen LogP contribution in [0.5, 0.6) is 0 Å². The Balaban J connectivity index is 1.91. The summed E-state index contributed by atoms with van der Waals surface area (Å²) in [5, 5.41) is 11.3. The van der Waals surface area contributed by atoms with Gasteiger partial charge in [0, 0.05) is 27.4 Å². The molecule has 0 bridgehead atoms. The normalized spacial score (nSPS) is 11.3. The minimum Gasteiger partial charge on any atom is -0.478 e. The molecule has 3 heterocycles. The third kappa shape index (κ3) is 1.87. The Bertz CT molecular complexity index is 1350. The molecular formula is C23H13NO2. The van der Waals surface area contributed by atoms with E-state index in [9.17, 15) is 4.79 Å². The van der Waals surface area contributed by atoms with Gasteiger partial charge < -0.3 is 9.51 Å². The molecule has 5 aromatic rings. The number of carboxylic acids is 1. The third-order valence-corrected chi connectivity index (χ3v) is 4.96. The second-order valence-electron chi connectivity index (χ2n) is 6.36. The molecule has 0 spiro atoms. The van der Waals surface area contributed by atoms with Gasteiger partial charge in [-0.05, 0) is 47.5 Å². The third-order valence-electron chi connectivity index (χ3n) is 4.96. The monoisotopic (exact) mass is 335 g/mol. The molecule has 5 rings (SSSR count). The van der Waals surface area contributed by atoms with Crippen LogP contribution < -0.4 is 0 Å². The lowest BCUT2D eigenvalue weighted by Gasteiger charge is -2.15. The van der Waals surface area contributed by atoms with E-state index in [0.29, 0.717) is 0 Å². The van der Waals surface area contributed by atoms with Crippen LogP contribution in [-0.2, 0) is 0 Å². The first-order valence-corrected chi connectivity index (χ1v) is 8.27. The quantitative estimate of drug-likeness (QED) is 0.460. The Hall–Kier alpha value is -3.77. The van der Waals surface area contributed by atoms with Gasteiger partial charge in [0.2, 0.25) is 0 Å². The number of aromatic carboxylic acids is 1. The van der Waals surface area contributed by atoms with E-state index < -0.39 is 5.97 Å². The zero-order chi connectivity index (χ0) is 17.8. The Kier molecular flexibility index (Phi) is 2.86. The zero-order valence-corrected chi connectivity index (χ0v) is 13.7. The lowest BCUT2D eigenvalue weighted by atomic mass is 9.96. The van der Waals surface area contributed by atoms with Gasteiger partial charge in [-0.3, -0.25) is 0 Å². The van der Waals surface area contributed by atoms with Crippen LogP contribution in [0.25, 0.3) is 38.4 Å². The largest absolute Gasteiger partial charge is 0.478 e. The summed E-state index contributed by atoms with van der Waals surface area (Å²) in [7, 11) is 0. The predicted octanol–water partition coefficient (Wildman–Crippen LogP) is 5.03. The maximum absolute atomic E-state index is 11.1.